The summed E-state index contributed by atoms with van der Waals surface area (Å²) in [6.07, 6.45) is -0.212. The quantitative estimate of drug-likeness (QED) is 0.665. The number of amides is 3. The Morgan fingerprint density at radius 2 is 1.65 bits per heavy atom. The summed E-state index contributed by atoms with van der Waals surface area (Å²) in [5, 5.41) is 5.57. The lowest BCUT2D eigenvalue weighted by atomic mass is 10.0. The topological polar surface area (TPSA) is 87.7 Å². The zero-order valence-electron chi connectivity index (χ0n) is 16.9. The highest BCUT2D eigenvalue weighted by Gasteiger charge is 2.38. The Morgan fingerprint density at radius 1 is 0.968 bits per heavy atom. The molecule has 2 N–H and O–H groups in total. The van der Waals surface area contributed by atoms with Crippen molar-refractivity contribution in [3.63, 3.8) is 0 Å². The van der Waals surface area contributed by atoms with Crippen LogP contribution in [0.1, 0.15) is 16.8 Å². The monoisotopic (exact) mass is 415 g/mol. The van der Waals surface area contributed by atoms with Gasteiger partial charge >= 0.3 is 0 Å². The molecule has 3 amide bonds. The summed E-state index contributed by atoms with van der Waals surface area (Å²) in [7, 11) is 1.51. The van der Waals surface area contributed by atoms with Crippen LogP contribution < -0.4 is 20.3 Å². The number of para-hydroxylation sites is 4. The fourth-order valence-electron chi connectivity index (χ4n) is 3.57. The summed E-state index contributed by atoms with van der Waals surface area (Å²) < 4.78 is 5.26. The third kappa shape index (κ3) is 4.11. The highest BCUT2D eigenvalue weighted by atomic mass is 16.5. The van der Waals surface area contributed by atoms with Gasteiger partial charge in [0.1, 0.15) is 11.8 Å². The zero-order chi connectivity index (χ0) is 21.8. The summed E-state index contributed by atoms with van der Waals surface area (Å²) in [6.45, 7) is 0. The van der Waals surface area contributed by atoms with Crippen molar-refractivity contribution in [1.29, 1.82) is 0 Å². The molecule has 156 valence electrons. The van der Waals surface area contributed by atoms with Crippen LogP contribution in [0.2, 0.25) is 0 Å². The van der Waals surface area contributed by atoms with Gasteiger partial charge in [-0.15, -0.1) is 0 Å². The van der Waals surface area contributed by atoms with Crippen molar-refractivity contribution >= 4 is 34.8 Å². The predicted molar refractivity (Wildman–Crippen MR) is 118 cm³/mol. The minimum Gasteiger partial charge on any atom is -0.495 e. The number of fused-ring (bicyclic) bond motifs is 1. The van der Waals surface area contributed by atoms with E-state index in [1.807, 2.05) is 6.07 Å². The molecule has 7 nitrogen and oxygen atoms in total. The molecule has 31 heavy (non-hydrogen) atoms. The molecule has 1 heterocycles. The standard InChI is InChI=1S/C24H21N3O4/c1-31-21-14-8-6-12-18(21)25-22(28)15-20-23(29)26-17-11-5-7-13-19(17)27(20)24(30)16-9-3-2-4-10-16/h2-14,20H,15H2,1H3,(H,25,28)(H,26,29)/t20-/m1/s1. The second-order valence-corrected chi connectivity index (χ2v) is 7.02. The van der Waals surface area contributed by atoms with E-state index in [9.17, 15) is 14.4 Å². The lowest BCUT2D eigenvalue weighted by Crippen LogP contribution is -2.52. The minimum atomic E-state index is -1.00. The van der Waals surface area contributed by atoms with E-state index in [0.717, 1.165) is 0 Å². The van der Waals surface area contributed by atoms with Crippen molar-refractivity contribution in [2.45, 2.75) is 12.5 Å². The molecule has 0 fully saturated rings. The van der Waals surface area contributed by atoms with Crippen LogP contribution in [0, 0.1) is 0 Å². The number of nitrogens with one attached hydrogen (secondary N) is 2. The largest absolute Gasteiger partial charge is 0.495 e. The molecule has 0 unspecified atom stereocenters. The van der Waals surface area contributed by atoms with Gasteiger partial charge in [-0.3, -0.25) is 19.3 Å². The predicted octanol–water partition coefficient (Wildman–Crippen LogP) is 3.69. The summed E-state index contributed by atoms with van der Waals surface area (Å²) in [5.74, 6) is -0.669. The normalized spacial score (nSPS) is 14.9. The van der Waals surface area contributed by atoms with Crippen LogP contribution in [0.15, 0.2) is 78.9 Å². The van der Waals surface area contributed by atoms with E-state index >= 15 is 0 Å². The maximum Gasteiger partial charge on any atom is 0.259 e. The van der Waals surface area contributed by atoms with Crippen LogP contribution in [0.5, 0.6) is 5.75 Å². The van der Waals surface area contributed by atoms with Crippen LogP contribution in [0.4, 0.5) is 17.1 Å². The van der Waals surface area contributed by atoms with Gasteiger partial charge in [0, 0.05) is 5.56 Å². The number of carbonyl (C=O) groups is 3. The average molecular weight is 415 g/mol. The van der Waals surface area contributed by atoms with E-state index in [2.05, 4.69) is 10.6 Å². The number of carbonyl (C=O) groups excluding carboxylic acids is 3. The van der Waals surface area contributed by atoms with Crippen LogP contribution in [-0.4, -0.2) is 30.9 Å². The first kappa shape index (κ1) is 20.2. The molecular formula is C24H21N3O4. The van der Waals surface area contributed by atoms with E-state index in [1.54, 1.807) is 72.8 Å². The van der Waals surface area contributed by atoms with E-state index in [1.165, 1.54) is 12.0 Å². The molecule has 0 saturated carbocycles. The first-order valence-corrected chi connectivity index (χ1v) is 9.80. The summed E-state index contributed by atoms with van der Waals surface area (Å²) >= 11 is 0. The molecule has 0 aliphatic carbocycles. The molecular weight excluding hydrogens is 394 g/mol. The van der Waals surface area contributed by atoms with E-state index < -0.39 is 17.9 Å². The van der Waals surface area contributed by atoms with Gasteiger partial charge in [0.2, 0.25) is 11.8 Å². The molecule has 1 aliphatic heterocycles. The summed E-state index contributed by atoms with van der Waals surface area (Å²) in [6, 6.07) is 21.7. The summed E-state index contributed by atoms with van der Waals surface area (Å²) in [4.78, 5) is 40.5. The van der Waals surface area contributed by atoms with Crippen molar-refractivity contribution in [3.05, 3.63) is 84.4 Å². The molecule has 0 saturated heterocycles. The van der Waals surface area contributed by atoms with Gasteiger partial charge in [-0.25, -0.2) is 0 Å². The molecule has 0 spiro atoms. The van der Waals surface area contributed by atoms with Crippen LogP contribution in [0.25, 0.3) is 0 Å². The molecule has 0 aromatic heterocycles. The Labute approximate surface area is 179 Å². The molecule has 3 aromatic carbocycles. The number of methoxy groups -OCH3 is 1. The number of hydrogen-bond acceptors (Lipinski definition) is 4. The van der Waals surface area contributed by atoms with Gasteiger partial charge in [0.25, 0.3) is 5.91 Å². The van der Waals surface area contributed by atoms with E-state index in [-0.39, 0.29) is 12.3 Å². The van der Waals surface area contributed by atoms with Crippen molar-refractivity contribution in [1.82, 2.24) is 0 Å². The highest BCUT2D eigenvalue weighted by Crippen LogP contribution is 2.34. The SMILES string of the molecule is COc1ccccc1NC(=O)C[C@@H]1C(=O)Nc2ccccc2N1C(=O)c1ccccc1. The Morgan fingerprint density at radius 3 is 2.42 bits per heavy atom. The average Bonchev–Trinajstić information content (AvgIpc) is 2.80. The molecule has 3 aromatic rings. The third-order valence-electron chi connectivity index (χ3n) is 5.04. The lowest BCUT2D eigenvalue weighted by Gasteiger charge is -2.36. The fraction of sp³-hybridized carbons (Fsp3) is 0.125. The van der Waals surface area contributed by atoms with Crippen LogP contribution >= 0.6 is 0 Å². The zero-order valence-corrected chi connectivity index (χ0v) is 16.9. The smallest absolute Gasteiger partial charge is 0.259 e. The molecule has 7 heteroatoms. The van der Waals surface area contributed by atoms with Crippen molar-refractivity contribution in [3.8, 4) is 5.75 Å². The maximum atomic E-state index is 13.4. The molecule has 0 radical (unpaired) electrons. The number of benzene rings is 3. The molecule has 1 atom stereocenters. The molecule has 4 rings (SSSR count). The first-order chi connectivity index (χ1) is 15.1. The van der Waals surface area contributed by atoms with Gasteiger partial charge in [0.05, 0.1) is 30.6 Å². The molecule has 0 bridgehead atoms. The Bertz CT molecular complexity index is 1130. The van der Waals surface area contributed by atoms with Gasteiger partial charge in [0.15, 0.2) is 0 Å². The number of anilines is 3. The van der Waals surface area contributed by atoms with Gasteiger partial charge in [-0.2, -0.15) is 0 Å². The fourth-order valence-corrected chi connectivity index (χ4v) is 3.57. The van der Waals surface area contributed by atoms with Crippen molar-refractivity contribution in [2.24, 2.45) is 0 Å². The van der Waals surface area contributed by atoms with Crippen molar-refractivity contribution < 1.29 is 19.1 Å². The van der Waals surface area contributed by atoms with Crippen LogP contribution in [0.3, 0.4) is 0 Å². The number of hydrogen-bond donors (Lipinski definition) is 2. The highest BCUT2D eigenvalue weighted by molar-refractivity contribution is 6.17. The number of nitrogens with zero attached hydrogens (tertiary/aromatic N) is 1. The van der Waals surface area contributed by atoms with E-state index in [0.29, 0.717) is 28.4 Å². The number of rotatable bonds is 5. The third-order valence-corrected chi connectivity index (χ3v) is 5.04. The van der Waals surface area contributed by atoms with Gasteiger partial charge < -0.3 is 15.4 Å². The molecule has 1 aliphatic rings. The summed E-state index contributed by atoms with van der Waals surface area (Å²) in [5.41, 5.74) is 2.00. The van der Waals surface area contributed by atoms with Crippen LogP contribution in [-0.2, 0) is 9.59 Å². The van der Waals surface area contributed by atoms with Crippen molar-refractivity contribution in [2.75, 3.05) is 22.6 Å². The van der Waals surface area contributed by atoms with Gasteiger partial charge in [-0.05, 0) is 36.4 Å². The first-order valence-electron chi connectivity index (χ1n) is 9.80. The lowest BCUT2D eigenvalue weighted by molar-refractivity contribution is -0.122. The number of ether oxygens (including phenoxy) is 1. The minimum absolute atomic E-state index is 0.212. The Hall–Kier alpha value is -4.13. The Balaban J connectivity index is 1.65. The Kier molecular flexibility index (Phi) is 5.66. The second-order valence-electron chi connectivity index (χ2n) is 7.02. The van der Waals surface area contributed by atoms with E-state index in [4.69, 9.17) is 4.74 Å². The maximum absolute atomic E-state index is 13.4. The second kappa shape index (κ2) is 8.71. The van der Waals surface area contributed by atoms with Gasteiger partial charge in [-0.1, -0.05) is 42.5 Å².